The number of amides is 1. The van der Waals surface area contributed by atoms with Crippen LogP contribution in [0.1, 0.15) is 25.3 Å². The predicted octanol–water partition coefficient (Wildman–Crippen LogP) is 3.68. The first-order chi connectivity index (χ1) is 12.2. The topological polar surface area (TPSA) is 60.5 Å². The predicted molar refractivity (Wildman–Crippen MR) is 100 cm³/mol. The van der Waals surface area contributed by atoms with Gasteiger partial charge in [-0.15, -0.1) is 11.8 Å². The summed E-state index contributed by atoms with van der Waals surface area (Å²) in [5.74, 6) is 1.79. The Bertz CT molecular complexity index is 665. The molecule has 0 spiro atoms. The molecule has 1 aromatic carbocycles. The molecule has 0 aliphatic carbocycles. The number of ether oxygens (including phenoxy) is 2. The highest BCUT2D eigenvalue weighted by molar-refractivity contribution is 8.00. The Hall–Kier alpha value is -2.21. The van der Waals surface area contributed by atoms with E-state index in [0.717, 1.165) is 29.1 Å². The van der Waals surface area contributed by atoms with E-state index in [9.17, 15) is 4.79 Å². The molecule has 0 fully saturated rings. The molecular weight excluding hydrogens is 336 g/mol. The second-order valence-electron chi connectivity index (χ2n) is 5.44. The molecule has 0 bridgehead atoms. The van der Waals surface area contributed by atoms with Crippen molar-refractivity contribution in [2.45, 2.75) is 31.2 Å². The fourth-order valence-electron chi connectivity index (χ4n) is 2.10. The molecule has 2 aromatic rings. The molecule has 25 heavy (non-hydrogen) atoms. The van der Waals surface area contributed by atoms with Gasteiger partial charge in [-0.3, -0.25) is 9.78 Å². The first-order valence-electron chi connectivity index (χ1n) is 8.32. The molecule has 0 atom stereocenters. The normalized spacial score (nSPS) is 10.3. The Balaban J connectivity index is 1.82. The number of benzene rings is 1. The number of rotatable bonds is 10. The van der Waals surface area contributed by atoms with Gasteiger partial charge in [-0.05, 0) is 36.2 Å². The van der Waals surface area contributed by atoms with Crippen molar-refractivity contribution in [2.24, 2.45) is 0 Å². The van der Waals surface area contributed by atoms with Crippen LogP contribution in [0.2, 0.25) is 0 Å². The zero-order valence-corrected chi connectivity index (χ0v) is 15.5. The molecule has 0 aliphatic heterocycles. The standard InChI is InChI=1S/C19H24N2O3S/c1-3-4-11-24-17-6-5-15(12-18(17)23-2)13-21-19(22)14-25-16-7-9-20-10-8-16/h5-10,12H,3-4,11,13-14H2,1-2H3,(H,21,22). The first-order valence-corrected chi connectivity index (χ1v) is 9.30. The quantitative estimate of drug-likeness (QED) is 0.517. The molecular formula is C19H24N2O3S. The van der Waals surface area contributed by atoms with Gasteiger partial charge in [0.1, 0.15) is 0 Å². The van der Waals surface area contributed by atoms with Crippen molar-refractivity contribution in [3.05, 3.63) is 48.3 Å². The largest absolute Gasteiger partial charge is 0.493 e. The number of pyridine rings is 1. The fraction of sp³-hybridized carbons (Fsp3) is 0.368. The van der Waals surface area contributed by atoms with Gasteiger partial charge in [0.05, 0.1) is 19.5 Å². The SMILES string of the molecule is CCCCOc1ccc(CNC(=O)CSc2ccncc2)cc1OC. The minimum atomic E-state index is -0.0101. The maximum atomic E-state index is 12.0. The van der Waals surface area contributed by atoms with Crippen LogP contribution in [0.25, 0.3) is 0 Å². The number of carbonyl (C=O) groups excluding carboxylic acids is 1. The van der Waals surface area contributed by atoms with Gasteiger partial charge in [0.15, 0.2) is 11.5 Å². The maximum absolute atomic E-state index is 12.0. The highest BCUT2D eigenvalue weighted by atomic mass is 32.2. The number of unbranched alkanes of at least 4 members (excludes halogenated alkanes) is 1. The van der Waals surface area contributed by atoms with Crippen LogP contribution in [0.3, 0.4) is 0 Å². The smallest absolute Gasteiger partial charge is 0.230 e. The van der Waals surface area contributed by atoms with Crippen molar-refractivity contribution >= 4 is 17.7 Å². The highest BCUT2D eigenvalue weighted by Crippen LogP contribution is 2.28. The van der Waals surface area contributed by atoms with E-state index in [1.54, 1.807) is 19.5 Å². The summed E-state index contributed by atoms with van der Waals surface area (Å²) < 4.78 is 11.1. The van der Waals surface area contributed by atoms with Crippen molar-refractivity contribution in [1.29, 1.82) is 0 Å². The second-order valence-corrected chi connectivity index (χ2v) is 6.48. The molecule has 5 nitrogen and oxygen atoms in total. The average Bonchev–Trinajstić information content (AvgIpc) is 2.66. The average molecular weight is 360 g/mol. The summed E-state index contributed by atoms with van der Waals surface area (Å²) in [7, 11) is 1.62. The van der Waals surface area contributed by atoms with E-state index in [0.29, 0.717) is 24.7 Å². The van der Waals surface area contributed by atoms with Crippen LogP contribution in [0.15, 0.2) is 47.6 Å². The number of nitrogens with zero attached hydrogens (tertiary/aromatic N) is 1. The van der Waals surface area contributed by atoms with Crippen LogP contribution in [0.4, 0.5) is 0 Å². The van der Waals surface area contributed by atoms with Crippen molar-refractivity contribution in [2.75, 3.05) is 19.5 Å². The molecule has 0 unspecified atom stereocenters. The van der Waals surface area contributed by atoms with Gasteiger partial charge in [0.2, 0.25) is 5.91 Å². The molecule has 0 aliphatic rings. The summed E-state index contributed by atoms with van der Waals surface area (Å²) in [6.07, 6.45) is 5.54. The van der Waals surface area contributed by atoms with E-state index in [1.807, 2.05) is 30.3 Å². The molecule has 1 heterocycles. The van der Waals surface area contributed by atoms with Crippen molar-refractivity contribution < 1.29 is 14.3 Å². The van der Waals surface area contributed by atoms with Crippen LogP contribution in [0, 0.1) is 0 Å². The highest BCUT2D eigenvalue weighted by Gasteiger charge is 2.07. The molecule has 6 heteroatoms. The third kappa shape index (κ3) is 6.66. The summed E-state index contributed by atoms with van der Waals surface area (Å²) in [4.78, 5) is 17.0. The number of carbonyl (C=O) groups is 1. The van der Waals surface area contributed by atoms with Crippen LogP contribution in [-0.4, -0.2) is 30.4 Å². The first kappa shape index (κ1) is 19.1. The van der Waals surface area contributed by atoms with Gasteiger partial charge in [0.25, 0.3) is 0 Å². The fourth-order valence-corrected chi connectivity index (χ4v) is 2.82. The number of nitrogens with one attached hydrogen (secondary N) is 1. The van der Waals surface area contributed by atoms with Crippen LogP contribution >= 0.6 is 11.8 Å². The lowest BCUT2D eigenvalue weighted by Gasteiger charge is -2.12. The van der Waals surface area contributed by atoms with E-state index < -0.39 is 0 Å². The number of aromatic nitrogens is 1. The molecule has 134 valence electrons. The van der Waals surface area contributed by atoms with Gasteiger partial charge >= 0.3 is 0 Å². The summed E-state index contributed by atoms with van der Waals surface area (Å²) in [6, 6.07) is 9.51. The summed E-state index contributed by atoms with van der Waals surface area (Å²) in [5, 5.41) is 2.92. The zero-order chi connectivity index (χ0) is 17.9. The molecule has 1 N–H and O–H groups in total. The second kappa shape index (κ2) is 10.6. The lowest BCUT2D eigenvalue weighted by atomic mass is 10.2. The Morgan fingerprint density at radius 3 is 2.72 bits per heavy atom. The summed E-state index contributed by atoms with van der Waals surface area (Å²) in [5.41, 5.74) is 0.974. The lowest BCUT2D eigenvalue weighted by molar-refractivity contribution is -0.118. The third-order valence-corrected chi connectivity index (χ3v) is 4.50. The Kier molecular flexibility index (Phi) is 8.12. The van der Waals surface area contributed by atoms with Crippen LogP contribution < -0.4 is 14.8 Å². The van der Waals surface area contributed by atoms with E-state index in [2.05, 4.69) is 17.2 Å². The van der Waals surface area contributed by atoms with Gasteiger partial charge in [-0.1, -0.05) is 19.4 Å². The molecule has 2 rings (SSSR count). The van der Waals surface area contributed by atoms with Gasteiger partial charge in [-0.2, -0.15) is 0 Å². The zero-order valence-electron chi connectivity index (χ0n) is 14.7. The minimum absolute atomic E-state index is 0.0101. The number of thioether (sulfide) groups is 1. The Morgan fingerprint density at radius 2 is 2.00 bits per heavy atom. The minimum Gasteiger partial charge on any atom is -0.493 e. The van der Waals surface area contributed by atoms with Crippen LogP contribution in [0.5, 0.6) is 11.5 Å². The van der Waals surface area contributed by atoms with E-state index in [1.165, 1.54) is 11.8 Å². The van der Waals surface area contributed by atoms with Crippen molar-refractivity contribution in [3.8, 4) is 11.5 Å². The lowest BCUT2D eigenvalue weighted by Crippen LogP contribution is -2.24. The molecule has 1 aromatic heterocycles. The van der Waals surface area contributed by atoms with Gasteiger partial charge in [-0.25, -0.2) is 0 Å². The molecule has 0 saturated heterocycles. The monoisotopic (exact) mass is 360 g/mol. The number of methoxy groups -OCH3 is 1. The van der Waals surface area contributed by atoms with Crippen molar-refractivity contribution in [1.82, 2.24) is 10.3 Å². The van der Waals surface area contributed by atoms with E-state index in [-0.39, 0.29) is 5.91 Å². The van der Waals surface area contributed by atoms with E-state index in [4.69, 9.17) is 9.47 Å². The van der Waals surface area contributed by atoms with E-state index >= 15 is 0 Å². The molecule has 0 saturated carbocycles. The third-order valence-electron chi connectivity index (χ3n) is 3.49. The molecule has 0 radical (unpaired) electrons. The Labute approximate surface area is 153 Å². The maximum Gasteiger partial charge on any atom is 0.230 e. The number of hydrogen-bond donors (Lipinski definition) is 1. The summed E-state index contributed by atoms with van der Waals surface area (Å²) >= 11 is 1.49. The summed E-state index contributed by atoms with van der Waals surface area (Å²) in [6.45, 7) is 3.26. The Morgan fingerprint density at radius 1 is 1.20 bits per heavy atom. The van der Waals surface area contributed by atoms with Crippen molar-refractivity contribution in [3.63, 3.8) is 0 Å². The van der Waals surface area contributed by atoms with Gasteiger partial charge < -0.3 is 14.8 Å². The van der Waals surface area contributed by atoms with Crippen LogP contribution in [-0.2, 0) is 11.3 Å². The van der Waals surface area contributed by atoms with Gasteiger partial charge in [0, 0.05) is 23.8 Å². The molecule has 1 amide bonds. The number of hydrogen-bond acceptors (Lipinski definition) is 5.